The highest BCUT2D eigenvalue weighted by Gasteiger charge is 2.15. The van der Waals surface area contributed by atoms with Gasteiger partial charge < -0.3 is 4.74 Å². The summed E-state index contributed by atoms with van der Waals surface area (Å²) in [6.45, 7) is 0.450. The van der Waals surface area contributed by atoms with Crippen molar-refractivity contribution < 1.29 is 9.53 Å². The van der Waals surface area contributed by atoms with Gasteiger partial charge in [-0.05, 0) is 47.0 Å². The molecule has 6 aromatic rings. The number of hydrogen-bond acceptors (Lipinski definition) is 6. The van der Waals surface area contributed by atoms with Crippen LogP contribution in [0.1, 0.15) is 16.1 Å². The van der Waals surface area contributed by atoms with Crippen molar-refractivity contribution in [2.45, 2.75) is 6.61 Å². The summed E-state index contributed by atoms with van der Waals surface area (Å²) in [6, 6.07) is 37.8. The zero-order valence-corrected chi connectivity index (χ0v) is 21.7. The number of anilines is 1. The van der Waals surface area contributed by atoms with Crippen LogP contribution in [0.5, 0.6) is 5.75 Å². The average Bonchev–Trinajstić information content (AvgIpc) is 3.50. The molecule has 0 radical (unpaired) electrons. The maximum absolute atomic E-state index is 12.9. The minimum absolute atomic E-state index is 0.313. The summed E-state index contributed by atoms with van der Waals surface area (Å²) >= 11 is 1.39. The van der Waals surface area contributed by atoms with Crippen LogP contribution in [0.15, 0.2) is 121 Å². The van der Waals surface area contributed by atoms with Gasteiger partial charge in [-0.2, -0.15) is 0 Å². The number of benzene rings is 4. The van der Waals surface area contributed by atoms with Crippen LogP contribution < -0.4 is 15.6 Å². The van der Waals surface area contributed by atoms with Gasteiger partial charge in [-0.15, -0.1) is 11.3 Å². The quantitative estimate of drug-likeness (QED) is 0.202. The molecular weight excluding hydrogens is 504 g/mol. The summed E-state index contributed by atoms with van der Waals surface area (Å²) < 4.78 is 6.07. The Balaban J connectivity index is 1.14. The van der Waals surface area contributed by atoms with E-state index in [0.717, 1.165) is 38.9 Å². The molecule has 7 heteroatoms. The molecule has 2 N–H and O–H groups in total. The molecule has 0 atom stereocenters. The Bertz CT molecular complexity index is 1740. The molecule has 39 heavy (non-hydrogen) atoms. The second-order valence-electron chi connectivity index (χ2n) is 8.86. The maximum Gasteiger partial charge on any atom is 0.289 e. The van der Waals surface area contributed by atoms with Crippen molar-refractivity contribution in [1.82, 2.24) is 15.4 Å². The summed E-state index contributed by atoms with van der Waals surface area (Å²) in [5.74, 6) is 0.910. The highest BCUT2D eigenvalue weighted by molar-refractivity contribution is 7.13. The lowest BCUT2D eigenvalue weighted by molar-refractivity contribution is 0.0958. The molecule has 2 aromatic heterocycles. The van der Waals surface area contributed by atoms with Gasteiger partial charge in [-0.3, -0.25) is 15.6 Å². The summed E-state index contributed by atoms with van der Waals surface area (Å²) in [5, 5.41) is 3.46. The van der Waals surface area contributed by atoms with Gasteiger partial charge in [0, 0.05) is 10.8 Å². The molecule has 1 amide bonds. The van der Waals surface area contributed by atoms with Crippen LogP contribution in [0.4, 0.5) is 5.82 Å². The van der Waals surface area contributed by atoms with Gasteiger partial charge in [0.25, 0.3) is 5.91 Å². The van der Waals surface area contributed by atoms with Crippen LogP contribution in [-0.2, 0) is 6.61 Å². The van der Waals surface area contributed by atoms with Gasteiger partial charge in [-0.1, -0.05) is 84.9 Å². The van der Waals surface area contributed by atoms with Gasteiger partial charge in [0.05, 0.1) is 11.1 Å². The minimum atomic E-state index is -0.347. The predicted octanol–water partition coefficient (Wildman–Crippen LogP) is 7.36. The first kappa shape index (κ1) is 24.3. The number of carbonyl (C=O) groups is 1. The predicted molar refractivity (Wildman–Crippen MR) is 157 cm³/mol. The fourth-order valence-corrected chi connectivity index (χ4v) is 5.02. The monoisotopic (exact) mass is 528 g/mol. The Labute approximate surface area is 229 Å². The van der Waals surface area contributed by atoms with Crippen molar-refractivity contribution in [3.8, 4) is 27.4 Å². The van der Waals surface area contributed by atoms with E-state index in [0.29, 0.717) is 23.1 Å². The minimum Gasteiger partial charge on any atom is -0.488 e. The van der Waals surface area contributed by atoms with Crippen LogP contribution in [0.3, 0.4) is 0 Å². The Morgan fingerprint density at radius 3 is 2.36 bits per heavy atom. The van der Waals surface area contributed by atoms with Gasteiger partial charge in [-0.25, -0.2) is 9.97 Å². The molecule has 0 saturated heterocycles. The number of rotatable bonds is 8. The zero-order valence-electron chi connectivity index (χ0n) is 20.9. The second kappa shape index (κ2) is 11.2. The highest BCUT2D eigenvalue weighted by atomic mass is 32.1. The van der Waals surface area contributed by atoms with Crippen molar-refractivity contribution >= 4 is 34.0 Å². The molecule has 0 spiro atoms. The first-order chi connectivity index (χ1) is 19.2. The number of pyridine rings is 1. The zero-order chi connectivity index (χ0) is 26.4. The molecule has 6 rings (SSSR count). The van der Waals surface area contributed by atoms with Gasteiger partial charge >= 0.3 is 0 Å². The molecule has 6 nitrogen and oxygen atoms in total. The summed E-state index contributed by atoms with van der Waals surface area (Å²) in [6.07, 6.45) is 0. The van der Waals surface area contributed by atoms with E-state index in [1.165, 1.54) is 11.3 Å². The van der Waals surface area contributed by atoms with Gasteiger partial charge in [0.2, 0.25) is 0 Å². The van der Waals surface area contributed by atoms with Crippen molar-refractivity contribution in [2.24, 2.45) is 0 Å². The van der Waals surface area contributed by atoms with E-state index in [1.807, 2.05) is 97.1 Å². The fourth-order valence-electron chi connectivity index (χ4n) is 4.19. The topological polar surface area (TPSA) is 76.1 Å². The van der Waals surface area contributed by atoms with Crippen molar-refractivity contribution in [2.75, 3.05) is 5.43 Å². The largest absolute Gasteiger partial charge is 0.488 e. The van der Waals surface area contributed by atoms with Crippen LogP contribution in [0, 0.1) is 0 Å². The molecule has 0 aliphatic carbocycles. The standard InChI is InChI=1S/C32H24N4O2S/c37-31(36-35-30-18-17-24-15-16-25(19-27(24)33-30)23-11-5-2-6-12-23)28-21-39-32(34-28)26-13-7-8-14-29(26)38-20-22-9-3-1-4-10-22/h1-19,21H,20H2,(H,33,35)(H,36,37). The van der Waals surface area contributed by atoms with E-state index in [-0.39, 0.29) is 5.91 Å². The normalized spacial score (nSPS) is 10.8. The lowest BCUT2D eigenvalue weighted by atomic mass is 10.0. The smallest absolute Gasteiger partial charge is 0.289 e. The molecule has 0 aliphatic heterocycles. The van der Waals surface area contributed by atoms with E-state index in [1.54, 1.807) is 5.38 Å². The van der Waals surface area contributed by atoms with E-state index < -0.39 is 0 Å². The first-order valence-corrected chi connectivity index (χ1v) is 13.4. The molecule has 0 fully saturated rings. The molecule has 0 aliphatic rings. The number of thiazole rings is 1. The Morgan fingerprint density at radius 2 is 1.51 bits per heavy atom. The number of amides is 1. The van der Waals surface area contributed by atoms with Crippen LogP contribution >= 0.6 is 11.3 Å². The van der Waals surface area contributed by atoms with Gasteiger partial charge in [0.1, 0.15) is 28.9 Å². The Morgan fingerprint density at radius 1 is 0.769 bits per heavy atom. The third kappa shape index (κ3) is 5.63. The maximum atomic E-state index is 12.9. The number of carbonyl (C=O) groups excluding carboxylic acids is 1. The van der Waals surface area contributed by atoms with E-state index >= 15 is 0 Å². The molecular formula is C32H24N4O2S. The number of nitrogens with zero attached hydrogens (tertiary/aromatic N) is 2. The summed E-state index contributed by atoms with van der Waals surface area (Å²) in [5.41, 5.74) is 10.9. The van der Waals surface area contributed by atoms with E-state index in [2.05, 4.69) is 39.0 Å². The third-order valence-electron chi connectivity index (χ3n) is 6.19. The number of para-hydroxylation sites is 1. The number of fused-ring (bicyclic) bond motifs is 1. The van der Waals surface area contributed by atoms with Gasteiger partial charge in [0.15, 0.2) is 0 Å². The van der Waals surface area contributed by atoms with E-state index in [9.17, 15) is 4.79 Å². The lowest BCUT2D eigenvalue weighted by Crippen LogP contribution is -2.30. The molecule has 2 heterocycles. The Kier molecular flexibility index (Phi) is 6.97. The molecule has 0 bridgehead atoms. The molecule has 4 aromatic carbocycles. The number of hydrazine groups is 1. The van der Waals surface area contributed by atoms with Crippen molar-refractivity contribution in [3.63, 3.8) is 0 Å². The first-order valence-electron chi connectivity index (χ1n) is 12.5. The lowest BCUT2D eigenvalue weighted by Gasteiger charge is -2.10. The fraction of sp³-hybridized carbons (Fsp3) is 0.0312. The Hall–Kier alpha value is -5.01. The SMILES string of the molecule is O=C(NNc1ccc2ccc(-c3ccccc3)cc2n1)c1csc(-c2ccccc2OCc2ccccc2)n1. The van der Waals surface area contributed by atoms with Crippen LogP contribution in [0.2, 0.25) is 0 Å². The van der Waals surface area contributed by atoms with Crippen LogP contribution in [0.25, 0.3) is 32.6 Å². The summed E-state index contributed by atoms with van der Waals surface area (Å²) in [7, 11) is 0. The summed E-state index contributed by atoms with van der Waals surface area (Å²) in [4.78, 5) is 22.1. The molecule has 0 unspecified atom stereocenters. The average molecular weight is 529 g/mol. The highest BCUT2D eigenvalue weighted by Crippen LogP contribution is 2.32. The van der Waals surface area contributed by atoms with Crippen LogP contribution in [-0.4, -0.2) is 15.9 Å². The van der Waals surface area contributed by atoms with E-state index in [4.69, 9.17) is 4.74 Å². The van der Waals surface area contributed by atoms with Crippen molar-refractivity contribution in [3.05, 3.63) is 132 Å². The number of ether oxygens (including phenoxy) is 1. The molecule has 190 valence electrons. The number of aromatic nitrogens is 2. The van der Waals surface area contributed by atoms with Crippen molar-refractivity contribution in [1.29, 1.82) is 0 Å². The molecule has 0 saturated carbocycles. The number of nitrogens with one attached hydrogen (secondary N) is 2. The number of hydrogen-bond donors (Lipinski definition) is 2. The third-order valence-corrected chi connectivity index (χ3v) is 7.07. The second-order valence-corrected chi connectivity index (χ2v) is 9.72.